The lowest BCUT2D eigenvalue weighted by Gasteiger charge is -2.16. The van der Waals surface area contributed by atoms with E-state index in [0.29, 0.717) is 24.0 Å². The maximum Gasteiger partial charge on any atom is 0.305 e. The number of hydrogen-bond acceptors (Lipinski definition) is 10. The maximum atomic E-state index is 12.0. The second-order valence-electron chi connectivity index (χ2n) is 7.39. The van der Waals surface area contributed by atoms with Crippen LogP contribution in [0.1, 0.15) is 44.8 Å². The molecule has 2 aliphatic heterocycles. The van der Waals surface area contributed by atoms with Crippen LogP contribution in [0, 0.1) is 0 Å². The fourth-order valence-corrected chi connectivity index (χ4v) is 6.81. The van der Waals surface area contributed by atoms with Gasteiger partial charge in [-0.1, -0.05) is 28.0 Å². The van der Waals surface area contributed by atoms with Gasteiger partial charge in [-0.05, 0) is 30.9 Å². The Balaban J connectivity index is 1.25. The minimum absolute atomic E-state index is 0.0100. The Morgan fingerprint density at radius 3 is 3.10 bits per heavy atom. The van der Waals surface area contributed by atoms with Crippen molar-refractivity contribution in [2.24, 2.45) is 0 Å². The Morgan fingerprint density at radius 1 is 1.43 bits per heavy atom. The molecular weight excluding hydrogens is 450 g/mol. The smallest absolute Gasteiger partial charge is 0.305 e. The molecule has 0 aromatic carbocycles. The van der Waals surface area contributed by atoms with Crippen molar-refractivity contribution in [3.05, 3.63) is 11.6 Å². The van der Waals surface area contributed by atoms with Crippen LogP contribution in [0.15, 0.2) is 6.33 Å². The first kappa shape index (κ1) is 21.9. The molecule has 4 heterocycles. The number of carbonyl (C=O) groups is 1. The van der Waals surface area contributed by atoms with Gasteiger partial charge in [0.15, 0.2) is 11.5 Å². The van der Waals surface area contributed by atoms with E-state index in [4.69, 9.17) is 26.8 Å². The number of imidazole rings is 1. The summed E-state index contributed by atoms with van der Waals surface area (Å²) >= 11 is 5.90. The van der Waals surface area contributed by atoms with Crippen molar-refractivity contribution in [1.29, 1.82) is 0 Å². The van der Waals surface area contributed by atoms with Gasteiger partial charge in [0.25, 0.3) is 0 Å². The van der Waals surface area contributed by atoms with Gasteiger partial charge in [-0.3, -0.25) is 9.36 Å². The van der Waals surface area contributed by atoms with Gasteiger partial charge < -0.3 is 20.3 Å². The van der Waals surface area contributed by atoms with Gasteiger partial charge in [-0.15, -0.1) is 0 Å². The van der Waals surface area contributed by atoms with Gasteiger partial charge in [-0.2, -0.15) is 9.97 Å². The van der Waals surface area contributed by atoms with Crippen LogP contribution >= 0.6 is 33.2 Å². The lowest BCUT2D eigenvalue weighted by molar-refractivity contribution is -0.150. The zero-order valence-corrected chi connectivity index (χ0v) is 18.7. The number of aromatic nitrogens is 4. The second kappa shape index (κ2) is 9.90. The summed E-state index contributed by atoms with van der Waals surface area (Å²) in [6.45, 7) is 0.0100. The van der Waals surface area contributed by atoms with Crippen LogP contribution in [0.3, 0.4) is 0 Å². The molecule has 4 atom stereocenters. The summed E-state index contributed by atoms with van der Waals surface area (Å²) in [4.78, 5) is 24.3. The SMILES string of the molecule is Nc1nc(Cl)nc2c1ncn2[C@H]1C[C@H](O)[C@@H](COC(=O)CCCCC2CCSS2)O1. The highest BCUT2D eigenvalue weighted by atomic mass is 35.5. The molecule has 2 fully saturated rings. The van der Waals surface area contributed by atoms with Crippen molar-refractivity contribution < 1.29 is 19.4 Å². The number of fused-ring (bicyclic) bond motifs is 1. The van der Waals surface area contributed by atoms with Gasteiger partial charge in [0, 0.05) is 23.8 Å². The molecule has 4 rings (SSSR count). The molecule has 12 heteroatoms. The first-order chi connectivity index (χ1) is 14.5. The molecule has 2 aromatic rings. The summed E-state index contributed by atoms with van der Waals surface area (Å²) in [5, 5.41) is 11.1. The van der Waals surface area contributed by atoms with Crippen molar-refractivity contribution >= 4 is 56.1 Å². The number of anilines is 1. The third kappa shape index (κ3) is 5.13. The number of esters is 1. The monoisotopic (exact) mass is 473 g/mol. The zero-order chi connectivity index (χ0) is 21.1. The van der Waals surface area contributed by atoms with Gasteiger partial charge in [0.05, 0.1) is 12.4 Å². The number of nitrogens with zero attached hydrogens (tertiary/aromatic N) is 4. The van der Waals surface area contributed by atoms with Crippen LogP contribution in [0.4, 0.5) is 5.82 Å². The lowest BCUT2D eigenvalue weighted by Crippen LogP contribution is -2.28. The number of rotatable bonds is 8. The normalized spacial score (nSPS) is 26.5. The highest BCUT2D eigenvalue weighted by Gasteiger charge is 2.36. The number of carbonyl (C=O) groups excluding carboxylic acids is 1. The lowest BCUT2D eigenvalue weighted by atomic mass is 10.1. The largest absolute Gasteiger partial charge is 0.463 e. The van der Waals surface area contributed by atoms with E-state index in [2.05, 4.69) is 15.0 Å². The first-order valence-corrected chi connectivity index (χ1v) is 12.7. The molecule has 0 bridgehead atoms. The van der Waals surface area contributed by atoms with Gasteiger partial charge in [0.2, 0.25) is 5.28 Å². The molecule has 0 spiro atoms. The van der Waals surface area contributed by atoms with E-state index in [1.54, 1.807) is 4.57 Å². The molecule has 0 amide bonds. The van der Waals surface area contributed by atoms with Crippen LogP contribution < -0.4 is 5.73 Å². The summed E-state index contributed by atoms with van der Waals surface area (Å²) < 4.78 is 12.9. The number of halogens is 1. The maximum absolute atomic E-state index is 12.0. The quantitative estimate of drug-likeness (QED) is 0.255. The Kier molecular flexibility index (Phi) is 7.24. The minimum atomic E-state index is -0.771. The van der Waals surface area contributed by atoms with Crippen molar-refractivity contribution in [2.75, 3.05) is 18.1 Å². The summed E-state index contributed by atoms with van der Waals surface area (Å²) in [6.07, 6.45) is 4.58. The Morgan fingerprint density at radius 2 is 2.30 bits per heavy atom. The Bertz CT molecular complexity index is 895. The van der Waals surface area contributed by atoms with E-state index in [1.807, 2.05) is 21.6 Å². The average molecular weight is 474 g/mol. The fraction of sp³-hybridized carbons (Fsp3) is 0.667. The Labute approximate surface area is 186 Å². The van der Waals surface area contributed by atoms with E-state index in [1.165, 1.54) is 18.5 Å². The highest BCUT2D eigenvalue weighted by molar-refractivity contribution is 8.77. The summed E-state index contributed by atoms with van der Waals surface area (Å²) in [7, 11) is 3.89. The van der Waals surface area contributed by atoms with Crippen molar-refractivity contribution in [2.45, 2.75) is 62.2 Å². The topological polar surface area (TPSA) is 125 Å². The van der Waals surface area contributed by atoms with Gasteiger partial charge in [0.1, 0.15) is 24.5 Å². The zero-order valence-electron chi connectivity index (χ0n) is 16.3. The van der Waals surface area contributed by atoms with E-state index in [0.717, 1.165) is 24.5 Å². The third-order valence-corrected chi connectivity index (χ3v) is 8.40. The molecule has 9 nitrogen and oxygen atoms in total. The average Bonchev–Trinajstić information content (AvgIpc) is 3.43. The van der Waals surface area contributed by atoms with E-state index < -0.39 is 18.4 Å². The van der Waals surface area contributed by atoms with Crippen molar-refractivity contribution in [3.63, 3.8) is 0 Å². The molecular formula is C18H24ClN5O4S2. The molecule has 0 aliphatic carbocycles. The molecule has 2 aliphatic rings. The summed E-state index contributed by atoms with van der Waals surface area (Å²) in [6, 6.07) is 0. The molecule has 0 radical (unpaired) electrons. The van der Waals surface area contributed by atoms with Gasteiger partial charge >= 0.3 is 5.97 Å². The molecule has 0 saturated carbocycles. The standard InChI is InChI=1S/C18H24ClN5O4S2/c19-18-22-16(20)15-17(23-18)24(9-21-15)13-7-11(25)12(28-13)8-27-14(26)4-2-1-3-10-5-6-29-30-10/h9-13,25H,1-8H2,(H2,20,22,23)/t10?,11-,12+,13+/m0/s1. The van der Waals surface area contributed by atoms with Crippen molar-refractivity contribution in [1.82, 2.24) is 19.5 Å². The number of ether oxygens (including phenoxy) is 2. The molecule has 3 N–H and O–H groups in total. The van der Waals surface area contributed by atoms with E-state index in [9.17, 15) is 9.90 Å². The van der Waals surface area contributed by atoms with E-state index in [-0.39, 0.29) is 23.7 Å². The number of aliphatic hydroxyl groups is 1. The highest BCUT2D eigenvalue weighted by Crippen LogP contribution is 2.40. The summed E-state index contributed by atoms with van der Waals surface area (Å²) in [5.41, 5.74) is 6.68. The van der Waals surface area contributed by atoms with Crippen LogP contribution in [0.25, 0.3) is 11.2 Å². The van der Waals surface area contributed by atoms with Crippen LogP contribution in [-0.2, 0) is 14.3 Å². The first-order valence-electron chi connectivity index (χ1n) is 9.94. The predicted molar refractivity (Wildman–Crippen MR) is 117 cm³/mol. The number of nitrogens with two attached hydrogens (primary N) is 1. The third-order valence-electron chi connectivity index (χ3n) is 5.23. The van der Waals surface area contributed by atoms with Crippen LogP contribution in [0.2, 0.25) is 5.28 Å². The number of hydrogen-bond donors (Lipinski definition) is 2. The van der Waals surface area contributed by atoms with Crippen LogP contribution in [0.5, 0.6) is 0 Å². The number of unbranched alkanes of at least 4 members (excludes halogenated alkanes) is 1. The Hall–Kier alpha value is -1.27. The molecule has 1 unspecified atom stereocenters. The van der Waals surface area contributed by atoms with E-state index >= 15 is 0 Å². The van der Waals surface area contributed by atoms with Crippen LogP contribution in [-0.4, -0.2) is 60.4 Å². The fourth-order valence-electron chi connectivity index (χ4n) is 3.61. The summed E-state index contributed by atoms with van der Waals surface area (Å²) in [5.74, 6) is 1.14. The number of nitrogen functional groups attached to an aromatic ring is 1. The number of aliphatic hydroxyl groups excluding tert-OH is 1. The second-order valence-corrected chi connectivity index (χ2v) is 10.5. The predicted octanol–water partition coefficient (Wildman–Crippen LogP) is 2.97. The molecule has 164 valence electrons. The van der Waals surface area contributed by atoms with Gasteiger partial charge in [-0.25, -0.2) is 4.98 Å². The molecule has 30 heavy (non-hydrogen) atoms. The molecule has 2 saturated heterocycles. The molecule has 2 aromatic heterocycles. The van der Waals surface area contributed by atoms with Crippen molar-refractivity contribution in [3.8, 4) is 0 Å². The minimum Gasteiger partial charge on any atom is -0.463 e.